The second kappa shape index (κ2) is 6.80. The van der Waals surface area contributed by atoms with Crippen molar-refractivity contribution in [1.29, 1.82) is 0 Å². The van der Waals surface area contributed by atoms with Crippen LogP contribution in [0.5, 0.6) is 5.75 Å². The molecule has 0 bridgehead atoms. The van der Waals surface area contributed by atoms with Crippen molar-refractivity contribution < 1.29 is 9.13 Å². The molecule has 0 fully saturated rings. The van der Waals surface area contributed by atoms with Gasteiger partial charge in [-0.15, -0.1) is 0 Å². The van der Waals surface area contributed by atoms with Crippen molar-refractivity contribution in [2.45, 2.75) is 19.9 Å². The molecular formula is C16H19FN2O. The topological polar surface area (TPSA) is 47.3 Å². The van der Waals surface area contributed by atoms with E-state index in [1.165, 1.54) is 12.1 Å². The first-order valence-corrected chi connectivity index (χ1v) is 6.69. The van der Waals surface area contributed by atoms with Crippen molar-refractivity contribution in [3.63, 3.8) is 0 Å². The van der Waals surface area contributed by atoms with Crippen LogP contribution in [-0.2, 0) is 6.54 Å². The first kappa shape index (κ1) is 14.2. The summed E-state index contributed by atoms with van der Waals surface area (Å²) in [5.41, 5.74) is 8.43. The molecule has 0 amide bonds. The van der Waals surface area contributed by atoms with Crippen LogP contribution in [0.3, 0.4) is 0 Å². The highest BCUT2D eigenvalue weighted by Gasteiger charge is 2.02. The molecule has 0 saturated heterocycles. The molecule has 2 aromatic rings. The van der Waals surface area contributed by atoms with Gasteiger partial charge in [0.05, 0.1) is 12.3 Å². The monoisotopic (exact) mass is 274 g/mol. The van der Waals surface area contributed by atoms with Crippen LogP contribution >= 0.6 is 0 Å². The summed E-state index contributed by atoms with van der Waals surface area (Å²) in [6.07, 6.45) is 0.937. The number of hydrogen-bond acceptors (Lipinski definition) is 3. The molecule has 0 radical (unpaired) electrons. The van der Waals surface area contributed by atoms with E-state index in [0.29, 0.717) is 24.6 Å². The van der Waals surface area contributed by atoms with E-state index in [0.717, 1.165) is 17.7 Å². The highest BCUT2D eigenvalue weighted by molar-refractivity contribution is 5.61. The van der Waals surface area contributed by atoms with Crippen LogP contribution in [0.4, 0.5) is 15.8 Å². The van der Waals surface area contributed by atoms with Crippen LogP contribution in [0.2, 0.25) is 0 Å². The highest BCUT2D eigenvalue weighted by Crippen LogP contribution is 2.26. The number of anilines is 2. The summed E-state index contributed by atoms with van der Waals surface area (Å²) < 4.78 is 18.4. The van der Waals surface area contributed by atoms with Gasteiger partial charge >= 0.3 is 0 Å². The largest absolute Gasteiger partial charge is 0.491 e. The second-order valence-electron chi connectivity index (χ2n) is 4.58. The van der Waals surface area contributed by atoms with Crippen molar-refractivity contribution in [3.8, 4) is 5.75 Å². The zero-order valence-corrected chi connectivity index (χ0v) is 11.5. The Morgan fingerprint density at radius 2 is 1.90 bits per heavy atom. The Morgan fingerprint density at radius 1 is 1.15 bits per heavy atom. The van der Waals surface area contributed by atoms with Gasteiger partial charge < -0.3 is 15.8 Å². The fourth-order valence-electron chi connectivity index (χ4n) is 1.79. The molecule has 0 unspecified atom stereocenters. The normalized spacial score (nSPS) is 10.3. The zero-order valence-electron chi connectivity index (χ0n) is 11.5. The molecule has 0 aliphatic rings. The van der Waals surface area contributed by atoms with Gasteiger partial charge in [0.1, 0.15) is 11.6 Å². The lowest BCUT2D eigenvalue weighted by Gasteiger charge is -2.11. The van der Waals surface area contributed by atoms with E-state index in [-0.39, 0.29) is 5.82 Å². The van der Waals surface area contributed by atoms with E-state index in [9.17, 15) is 4.39 Å². The Morgan fingerprint density at radius 3 is 2.60 bits per heavy atom. The summed E-state index contributed by atoms with van der Waals surface area (Å²) in [6.45, 7) is 3.32. The number of ether oxygens (including phenoxy) is 1. The van der Waals surface area contributed by atoms with E-state index >= 15 is 0 Å². The van der Waals surface area contributed by atoms with Crippen molar-refractivity contribution in [3.05, 3.63) is 53.8 Å². The van der Waals surface area contributed by atoms with Crippen molar-refractivity contribution in [2.24, 2.45) is 0 Å². The van der Waals surface area contributed by atoms with Crippen LogP contribution in [0.25, 0.3) is 0 Å². The zero-order chi connectivity index (χ0) is 14.4. The lowest BCUT2D eigenvalue weighted by atomic mass is 10.2. The summed E-state index contributed by atoms with van der Waals surface area (Å²) in [7, 11) is 0. The molecule has 3 nitrogen and oxygen atoms in total. The molecule has 0 saturated carbocycles. The summed E-state index contributed by atoms with van der Waals surface area (Å²) in [5.74, 6) is 0.465. The third-order valence-corrected chi connectivity index (χ3v) is 2.89. The first-order chi connectivity index (χ1) is 9.69. The number of halogens is 1. The average Bonchev–Trinajstić information content (AvgIpc) is 2.46. The van der Waals surface area contributed by atoms with E-state index in [1.807, 2.05) is 25.1 Å². The van der Waals surface area contributed by atoms with E-state index in [1.54, 1.807) is 12.1 Å². The lowest BCUT2D eigenvalue weighted by molar-refractivity contribution is 0.319. The smallest absolute Gasteiger partial charge is 0.144 e. The van der Waals surface area contributed by atoms with Crippen LogP contribution in [0.1, 0.15) is 18.9 Å². The van der Waals surface area contributed by atoms with Gasteiger partial charge in [0.15, 0.2) is 0 Å². The maximum absolute atomic E-state index is 12.8. The van der Waals surface area contributed by atoms with Gasteiger partial charge in [0.2, 0.25) is 0 Å². The molecule has 3 N–H and O–H groups in total. The Bertz CT molecular complexity index is 555. The Kier molecular flexibility index (Phi) is 4.82. The van der Waals surface area contributed by atoms with E-state index in [2.05, 4.69) is 5.32 Å². The quantitative estimate of drug-likeness (QED) is 0.787. The van der Waals surface area contributed by atoms with Crippen molar-refractivity contribution >= 4 is 11.4 Å². The number of nitrogens with one attached hydrogen (secondary N) is 1. The molecule has 106 valence electrons. The molecule has 0 heterocycles. The van der Waals surface area contributed by atoms with Crippen LogP contribution in [-0.4, -0.2) is 6.61 Å². The van der Waals surface area contributed by atoms with E-state index < -0.39 is 0 Å². The lowest BCUT2D eigenvalue weighted by Crippen LogP contribution is -2.02. The van der Waals surface area contributed by atoms with Gasteiger partial charge in [-0.2, -0.15) is 0 Å². The van der Waals surface area contributed by atoms with Crippen LogP contribution < -0.4 is 15.8 Å². The molecule has 20 heavy (non-hydrogen) atoms. The maximum Gasteiger partial charge on any atom is 0.144 e. The molecule has 0 aliphatic heterocycles. The Balaban J connectivity index is 2.00. The van der Waals surface area contributed by atoms with E-state index in [4.69, 9.17) is 10.5 Å². The number of benzene rings is 2. The van der Waals surface area contributed by atoms with Gasteiger partial charge in [-0.3, -0.25) is 0 Å². The Labute approximate surface area is 118 Å². The maximum atomic E-state index is 12.8. The number of nitrogen functional groups attached to an aromatic ring is 1. The average molecular weight is 274 g/mol. The fourth-order valence-corrected chi connectivity index (χ4v) is 1.79. The number of rotatable bonds is 6. The van der Waals surface area contributed by atoms with Gasteiger partial charge in [-0.1, -0.05) is 19.1 Å². The van der Waals surface area contributed by atoms with Crippen molar-refractivity contribution in [1.82, 2.24) is 0 Å². The summed E-state index contributed by atoms with van der Waals surface area (Å²) in [5, 5.41) is 3.27. The fraction of sp³-hybridized carbons (Fsp3) is 0.250. The number of nitrogens with two attached hydrogens (primary N) is 1. The van der Waals surface area contributed by atoms with Gasteiger partial charge in [0, 0.05) is 18.3 Å². The number of hydrogen-bond donors (Lipinski definition) is 2. The molecule has 0 aromatic heterocycles. The first-order valence-electron chi connectivity index (χ1n) is 6.69. The SMILES string of the molecule is CCCOc1cc(NCc2ccc(F)cc2)ccc1N. The molecular weight excluding hydrogens is 255 g/mol. The standard InChI is InChI=1S/C16H19FN2O/c1-2-9-20-16-10-14(7-8-15(16)18)19-11-12-3-5-13(17)6-4-12/h3-8,10,19H,2,9,11,18H2,1H3. The molecule has 0 atom stereocenters. The second-order valence-corrected chi connectivity index (χ2v) is 4.58. The van der Waals surface area contributed by atoms with Crippen LogP contribution in [0, 0.1) is 5.82 Å². The van der Waals surface area contributed by atoms with Crippen molar-refractivity contribution in [2.75, 3.05) is 17.7 Å². The summed E-state index contributed by atoms with van der Waals surface area (Å²) >= 11 is 0. The molecule has 2 aromatic carbocycles. The predicted molar refractivity (Wildman–Crippen MR) is 80.4 cm³/mol. The predicted octanol–water partition coefficient (Wildman–Crippen LogP) is 3.81. The molecule has 0 spiro atoms. The highest BCUT2D eigenvalue weighted by atomic mass is 19.1. The summed E-state index contributed by atoms with van der Waals surface area (Å²) in [4.78, 5) is 0. The molecule has 2 rings (SSSR count). The third-order valence-electron chi connectivity index (χ3n) is 2.89. The summed E-state index contributed by atoms with van der Waals surface area (Å²) in [6, 6.07) is 12.0. The minimum Gasteiger partial charge on any atom is -0.491 e. The molecule has 4 heteroatoms. The van der Waals surface area contributed by atoms with Gasteiger partial charge in [-0.25, -0.2) is 4.39 Å². The minimum absolute atomic E-state index is 0.225. The third kappa shape index (κ3) is 3.88. The molecule has 0 aliphatic carbocycles. The van der Waals surface area contributed by atoms with Gasteiger partial charge in [-0.05, 0) is 36.2 Å². The van der Waals surface area contributed by atoms with Crippen LogP contribution in [0.15, 0.2) is 42.5 Å². The Hall–Kier alpha value is -2.23. The van der Waals surface area contributed by atoms with Gasteiger partial charge in [0.25, 0.3) is 0 Å². The minimum atomic E-state index is -0.225.